The number of carbonyl (C=O) groups excluding carboxylic acids is 4. The van der Waals surface area contributed by atoms with E-state index < -0.39 is 22.7 Å². The highest BCUT2D eigenvalue weighted by Crippen LogP contribution is 2.37. The molecule has 0 unspecified atom stereocenters. The molecule has 296 valence electrons. The Morgan fingerprint density at radius 1 is 1.06 bits per heavy atom. The lowest BCUT2D eigenvalue weighted by atomic mass is 10.0. The van der Waals surface area contributed by atoms with Gasteiger partial charge in [0.1, 0.15) is 24.2 Å². The molecular formula is C39H48Cl4FN3O7. The highest BCUT2D eigenvalue weighted by molar-refractivity contribution is 6.53. The molecule has 0 N–H and O–H groups in total. The summed E-state index contributed by atoms with van der Waals surface area (Å²) in [6, 6.07) is 8.43. The third-order valence-electron chi connectivity index (χ3n) is 8.17. The molecule has 4 amide bonds. The van der Waals surface area contributed by atoms with Crippen molar-refractivity contribution in [2.24, 2.45) is 0 Å². The first-order chi connectivity index (χ1) is 25.7. The number of benzene rings is 2. The van der Waals surface area contributed by atoms with E-state index in [1.54, 1.807) is 38.0 Å². The number of carbonyl (C=O) groups is 4. The number of amides is 4. The number of ether oxygens (including phenoxy) is 3. The Morgan fingerprint density at radius 2 is 1.63 bits per heavy atom. The van der Waals surface area contributed by atoms with E-state index in [9.17, 15) is 23.6 Å². The van der Waals surface area contributed by atoms with Gasteiger partial charge in [0.05, 0.1) is 22.5 Å². The number of alkyl halides is 3. The number of hydrogen-bond acceptors (Lipinski definition) is 7. The Labute approximate surface area is 337 Å². The van der Waals surface area contributed by atoms with Crippen molar-refractivity contribution < 1.29 is 37.8 Å². The number of methoxy groups -OCH3 is 1. The molecule has 2 aromatic rings. The van der Waals surface area contributed by atoms with E-state index >= 15 is 0 Å². The van der Waals surface area contributed by atoms with E-state index in [2.05, 4.69) is 27.0 Å². The van der Waals surface area contributed by atoms with Crippen LogP contribution in [0, 0.1) is 5.82 Å². The summed E-state index contributed by atoms with van der Waals surface area (Å²) in [5, 5.41) is 0.102. The molecule has 1 saturated carbocycles. The predicted octanol–water partition coefficient (Wildman–Crippen LogP) is 9.56. The summed E-state index contributed by atoms with van der Waals surface area (Å²) < 4.78 is 30.2. The maximum absolute atomic E-state index is 14.3. The van der Waals surface area contributed by atoms with E-state index in [0.29, 0.717) is 23.6 Å². The monoisotopic (exact) mass is 829 g/mol. The molecule has 1 aliphatic carbocycles. The van der Waals surface area contributed by atoms with Crippen molar-refractivity contribution in [3.05, 3.63) is 88.9 Å². The molecule has 2 aromatic carbocycles. The number of hydrogen-bond donors (Lipinski definition) is 0. The first-order valence-electron chi connectivity index (χ1n) is 17.3. The van der Waals surface area contributed by atoms with Crippen molar-refractivity contribution in [1.82, 2.24) is 4.90 Å². The first-order valence-corrected chi connectivity index (χ1v) is 19.1. The van der Waals surface area contributed by atoms with Gasteiger partial charge in [0.2, 0.25) is 5.91 Å². The van der Waals surface area contributed by atoms with Crippen LogP contribution in [0.15, 0.2) is 67.0 Å². The molecule has 4 rings (SSSR count). The van der Waals surface area contributed by atoms with Gasteiger partial charge in [0.15, 0.2) is 10.6 Å². The maximum Gasteiger partial charge on any atom is 0.427 e. The second-order valence-corrected chi connectivity index (χ2v) is 14.0. The molecule has 15 heteroatoms. The summed E-state index contributed by atoms with van der Waals surface area (Å²) in [6.45, 7) is 15.5. The quantitative estimate of drug-likeness (QED) is 0.0809. The number of allylic oxidation sites excluding steroid dienone is 1. The van der Waals surface area contributed by atoms with Gasteiger partial charge in [-0.25, -0.2) is 14.1 Å². The lowest BCUT2D eigenvalue weighted by molar-refractivity contribution is -0.128. The molecule has 0 atom stereocenters. The number of rotatable bonds is 14. The van der Waals surface area contributed by atoms with Crippen LogP contribution in [0.5, 0.6) is 5.75 Å². The number of nitrogens with zero attached hydrogens (tertiary/aromatic N) is 3. The van der Waals surface area contributed by atoms with Crippen LogP contribution in [-0.4, -0.2) is 72.5 Å². The minimum Gasteiger partial charge on any atom is -0.489 e. The van der Waals surface area contributed by atoms with E-state index in [-0.39, 0.29) is 52.7 Å². The normalized spacial score (nSPS) is 13.8. The summed E-state index contributed by atoms with van der Waals surface area (Å²) in [7, 11) is 1.58. The van der Waals surface area contributed by atoms with E-state index in [1.165, 1.54) is 11.0 Å². The third-order valence-corrected chi connectivity index (χ3v) is 9.06. The molecule has 0 spiro atoms. The third kappa shape index (κ3) is 12.7. The molecule has 1 saturated heterocycles. The Bertz CT molecular complexity index is 1650. The highest BCUT2D eigenvalue weighted by Gasteiger charge is 2.40. The lowest BCUT2D eigenvalue weighted by Gasteiger charge is -2.26. The zero-order chi connectivity index (χ0) is 40.5. The maximum atomic E-state index is 14.3. The fourth-order valence-electron chi connectivity index (χ4n) is 5.58. The topological polar surface area (TPSA) is 106 Å². The largest absolute Gasteiger partial charge is 0.489 e. The van der Waals surface area contributed by atoms with Crippen molar-refractivity contribution in [1.29, 1.82) is 0 Å². The Balaban J connectivity index is 0.000000299. The SMILES string of the molecule is C=CCN(CC=C)C(=O)C(Cl)Cl.CC(C)=C1OC(=O)N(c2cc(OC3CCCC3)c(Cl)cc2F)C1=O.CCc1cccc(CC)c1N(COC)C(=O)CCl. The Hall–Kier alpha value is -3.61. The van der Waals surface area contributed by atoms with Gasteiger partial charge in [-0.15, -0.1) is 24.8 Å². The van der Waals surface area contributed by atoms with Gasteiger partial charge < -0.3 is 19.1 Å². The van der Waals surface area contributed by atoms with Crippen molar-refractivity contribution in [2.45, 2.75) is 77.2 Å². The smallest absolute Gasteiger partial charge is 0.427 e. The number of imide groups is 1. The van der Waals surface area contributed by atoms with Gasteiger partial charge in [0, 0.05) is 26.3 Å². The average molecular weight is 832 g/mol. The van der Waals surface area contributed by atoms with Crippen LogP contribution in [0.1, 0.15) is 64.5 Å². The van der Waals surface area contributed by atoms with Crippen molar-refractivity contribution in [3.63, 3.8) is 0 Å². The zero-order valence-corrected chi connectivity index (χ0v) is 34.3. The molecule has 10 nitrogen and oxygen atoms in total. The number of anilines is 2. The summed E-state index contributed by atoms with van der Waals surface area (Å²) in [6.07, 6.45) is 7.96. The molecular weight excluding hydrogens is 783 g/mol. The molecule has 0 radical (unpaired) electrons. The van der Waals surface area contributed by atoms with Crippen LogP contribution < -0.4 is 14.5 Å². The number of cyclic esters (lactones) is 1. The summed E-state index contributed by atoms with van der Waals surface area (Å²) in [4.78, 5) is 50.2. The number of halogens is 5. The number of para-hydroxylation sites is 1. The lowest BCUT2D eigenvalue weighted by Crippen LogP contribution is -2.35. The summed E-state index contributed by atoms with van der Waals surface area (Å²) in [5.41, 5.74) is 3.55. The molecule has 0 bridgehead atoms. The van der Waals surface area contributed by atoms with Crippen LogP contribution in [0.2, 0.25) is 5.02 Å². The second-order valence-electron chi connectivity index (χ2n) is 12.2. The van der Waals surface area contributed by atoms with E-state index in [1.807, 2.05) is 18.2 Å². The van der Waals surface area contributed by atoms with Crippen LogP contribution in [0.3, 0.4) is 0 Å². The van der Waals surface area contributed by atoms with Gasteiger partial charge >= 0.3 is 12.0 Å². The summed E-state index contributed by atoms with van der Waals surface area (Å²) in [5.74, 6) is -1.82. The van der Waals surface area contributed by atoms with Crippen molar-refractivity contribution in [2.75, 3.05) is 42.6 Å². The van der Waals surface area contributed by atoms with Crippen molar-refractivity contribution >= 4 is 81.6 Å². The molecule has 2 fully saturated rings. The van der Waals surface area contributed by atoms with Gasteiger partial charge in [-0.3, -0.25) is 19.3 Å². The first kappa shape index (κ1) is 46.5. The number of aryl methyl sites for hydroxylation is 2. The molecule has 1 heterocycles. The Morgan fingerprint density at radius 3 is 2.07 bits per heavy atom. The molecule has 1 aliphatic heterocycles. The van der Waals surface area contributed by atoms with Crippen LogP contribution in [-0.2, 0) is 36.7 Å². The van der Waals surface area contributed by atoms with E-state index in [0.717, 1.165) is 61.4 Å². The van der Waals surface area contributed by atoms with Crippen LogP contribution in [0.4, 0.5) is 20.6 Å². The molecule has 2 aliphatic rings. The standard InChI is InChI=1S/C17H17ClFNO4.C14H20ClNO2.C8H11Cl2NO/c1-9(2)15-16(21)20(17(22)24-15)13-8-14(11(18)7-12(13)19)23-10-5-3-4-6-10;1-4-11-7-6-8-12(5-2)14(11)16(10-18-3)13(17)9-15;1-3-5-11(6-4-2)8(12)7(9)10/h7-8,10H,3-6H2,1-2H3;6-8H,4-5,9-10H2,1-3H3;3-4,7H,1-2,5-6H2. The van der Waals surface area contributed by atoms with Gasteiger partial charge in [-0.2, -0.15) is 0 Å². The Kier molecular flexibility index (Phi) is 20.1. The predicted molar refractivity (Wildman–Crippen MR) is 214 cm³/mol. The molecule has 54 heavy (non-hydrogen) atoms. The van der Waals surface area contributed by atoms with Gasteiger partial charge in [0.25, 0.3) is 5.91 Å². The minimum absolute atomic E-state index is 0.00962. The second kappa shape index (κ2) is 23.3. The zero-order valence-electron chi connectivity index (χ0n) is 31.3. The van der Waals surface area contributed by atoms with Crippen molar-refractivity contribution in [3.8, 4) is 5.75 Å². The fraction of sp³-hybridized carbons (Fsp3) is 0.436. The summed E-state index contributed by atoms with van der Waals surface area (Å²) >= 11 is 22.5. The minimum atomic E-state index is -1.01. The fourth-order valence-corrected chi connectivity index (χ4v) is 6.19. The van der Waals surface area contributed by atoms with Gasteiger partial charge in [-0.05, 0) is 75.1 Å². The van der Waals surface area contributed by atoms with E-state index in [4.69, 9.17) is 60.6 Å². The van der Waals surface area contributed by atoms with Crippen LogP contribution >= 0.6 is 46.4 Å². The average Bonchev–Trinajstić information content (AvgIpc) is 3.77. The van der Waals surface area contributed by atoms with Gasteiger partial charge in [-0.1, -0.05) is 79.0 Å². The highest BCUT2D eigenvalue weighted by atomic mass is 35.5. The molecule has 0 aromatic heterocycles. The van der Waals surface area contributed by atoms with Crippen LogP contribution in [0.25, 0.3) is 0 Å².